The summed E-state index contributed by atoms with van der Waals surface area (Å²) in [5, 5.41) is 3.33. The van der Waals surface area contributed by atoms with Gasteiger partial charge in [0, 0.05) is 14.0 Å². The van der Waals surface area contributed by atoms with Gasteiger partial charge in [-0.05, 0) is 47.2 Å². The minimum Gasteiger partial charge on any atom is -0.365 e. The van der Waals surface area contributed by atoms with Crippen molar-refractivity contribution in [3.05, 3.63) is 74.2 Å². The predicted octanol–water partition coefficient (Wildman–Crippen LogP) is 4.68. The average molecular weight is 462 g/mol. The summed E-state index contributed by atoms with van der Waals surface area (Å²) < 4.78 is 0.842. The Labute approximate surface area is 163 Å². The molecule has 1 heterocycles. The van der Waals surface area contributed by atoms with Crippen LogP contribution in [0, 0.1) is 10.5 Å². The molecular weight excluding hydrogens is 447 g/mol. The minimum atomic E-state index is -0.554. The molecule has 25 heavy (non-hydrogen) atoms. The third-order valence-electron chi connectivity index (χ3n) is 3.74. The fourth-order valence-corrected chi connectivity index (χ4v) is 4.34. The molecule has 3 aromatic rings. The van der Waals surface area contributed by atoms with Gasteiger partial charge in [-0.15, -0.1) is 11.3 Å². The van der Waals surface area contributed by atoms with Crippen molar-refractivity contribution in [3.8, 4) is 11.1 Å². The zero-order valence-electron chi connectivity index (χ0n) is 13.4. The van der Waals surface area contributed by atoms with Crippen LogP contribution in [0.3, 0.4) is 0 Å². The Morgan fingerprint density at radius 2 is 1.68 bits per heavy atom. The molecule has 3 rings (SSSR count). The van der Waals surface area contributed by atoms with Crippen molar-refractivity contribution in [2.45, 2.75) is 6.92 Å². The molecule has 0 radical (unpaired) electrons. The number of carbonyl (C=O) groups excluding carboxylic acids is 2. The van der Waals surface area contributed by atoms with Crippen molar-refractivity contribution in [2.75, 3.05) is 5.32 Å². The Kier molecular flexibility index (Phi) is 5.19. The molecular formula is C19H15IN2O2S. The number of anilines is 1. The predicted molar refractivity (Wildman–Crippen MR) is 110 cm³/mol. The second-order valence-corrected chi connectivity index (χ2v) is 7.79. The Morgan fingerprint density at radius 1 is 1.04 bits per heavy atom. The molecule has 0 bridgehead atoms. The summed E-state index contributed by atoms with van der Waals surface area (Å²) in [6.07, 6.45) is 0. The third-order valence-corrected chi connectivity index (χ3v) is 5.70. The van der Waals surface area contributed by atoms with Gasteiger partial charge in [-0.2, -0.15) is 0 Å². The van der Waals surface area contributed by atoms with Crippen molar-refractivity contribution < 1.29 is 9.59 Å². The molecule has 0 fully saturated rings. The lowest BCUT2D eigenvalue weighted by Crippen LogP contribution is -2.18. The third kappa shape index (κ3) is 3.59. The van der Waals surface area contributed by atoms with Crippen LogP contribution < -0.4 is 11.1 Å². The number of nitrogens with one attached hydrogen (secondary N) is 1. The first-order valence-corrected chi connectivity index (χ1v) is 9.43. The Balaban J connectivity index is 2.05. The average Bonchev–Trinajstić information content (AvgIpc) is 2.92. The smallest absolute Gasteiger partial charge is 0.257 e. The summed E-state index contributed by atoms with van der Waals surface area (Å²) >= 11 is 3.47. The highest BCUT2D eigenvalue weighted by atomic mass is 127. The summed E-state index contributed by atoms with van der Waals surface area (Å²) in [7, 11) is 0. The number of hydrogen-bond donors (Lipinski definition) is 2. The van der Waals surface area contributed by atoms with Crippen LogP contribution in [0.4, 0.5) is 5.00 Å². The van der Waals surface area contributed by atoms with Gasteiger partial charge in [0.15, 0.2) is 0 Å². The molecule has 2 amide bonds. The van der Waals surface area contributed by atoms with E-state index in [4.69, 9.17) is 5.73 Å². The number of aryl methyl sites for hydroxylation is 1. The van der Waals surface area contributed by atoms with Crippen molar-refractivity contribution in [1.29, 1.82) is 0 Å². The van der Waals surface area contributed by atoms with E-state index in [-0.39, 0.29) is 5.91 Å². The zero-order chi connectivity index (χ0) is 18.0. The quantitative estimate of drug-likeness (QED) is 0.553. The van der Waals surface area contributed by atoms with Crippen LogP contribution in [0.1, 0.15) is 25.6 Å². The molecule has 126 valence electrons. The molecule has 3 N–H and O–H groups in total. The van der Waals surface area contributed by atoms with Crippen LogP contribution in [0.15, 0.2) is 54.6 Å². The number of hydrogen-bond acceptors (Lipinski definition) is 3. The van der Waals surface area contributed by atoms with Crippen LogP contribution in [0.2, 0.25) is 0 Å². The van der Waals surface area contributed by atoms with Crippen molar-refractivity contribution in [3.63, 3.8) is 0 Å². The molecule has 0 unspecified atom stereocenters. The number of primary amides is 1. The van der Waals surface area contributed by atoms with Gasteiger partial charge < -0.3 is 11.1 Å². The van der Waals surface area contributed by atoms with E-state index in [1.165, 1.54) is 11.3 Å². The molecule has 0 spiro atoms. The van der Waals surface area contributed by atoms with Crippen molar-refractivity contribution >= 4 is 50.7 Å². The first-order valence-electron chi connectivity index (χ1n) is 7.53. The molecule has 6 heteroatoms. The molecule has 0 aliphatic carbocycles. The van der Waals surface area contributed by atoms with Gasteiger partial charge in [-0.3, -0.25) is 9.59 Å². The first-order chi connectivity index (χ1) is 12.0. The SMILES string of the molecule is Cc1sc(NC(=O)c2ccccc2I)c(C(N)=O)c1-c1ccccc1. The molecule has 2 aromatic carbocycles. The van der Waals surface area contributed by atoms with Gasteiger partial charge in [0.1, 0.15) is 5.00 Å². The van der Waals surface area contributed by atoms with Crippen LogP contribution in [-0.4, -0.2) is 11.8 Å². The largest absolute Gasteiger partial charge is 0.365 e. The highest BCUT2D eigenvalue weighted by Gasteiger charge is 2.23. The number of halogens is 1. The number of thiophene rings is 1. The van der Waals surface area contributed by atoms with Crippen LogP contribution in [0.5, 0.6) is 0 Å². The summed E-state index contributed by atoms with van der Waals surface area (Å²) in [5.41, 5.74) is 8.22. The van der Waals surface area contributed by atoms with E-state index in [0.717, 1.165) is 19.6 Å². The maximum Gasteiger partial charge on any atom is 0.257 e. The normalized spacial score (nSPS) is 10.5. The monoisotopic (exact) mass is 462 g/mol. The second kappa shape index (κ2) is 7.37. The van der Waals surface area contributed by atoms with E-state index in [0.29, 0.717) is 16.1 Å². The second-order valence-electron chi connectivity index (χ2n) is 5.40. The number of benzene rings is 2. The molecule has 0 atom stereocenters. The fraction of sp³-hybridized carbons (Fsp3) is 0.0526. The number of amides is 2. The van der Waals surface area contributed by atoms with Gasteiger partial charge >= 0.3 is 0 Å². The van der Waals surface area contributed by atoms with Crippen LogP contribution in [0.25, 0.3) is 11.1 Å². The topological polar surface area (TPSA) is 72.2 Å². The lowest BCUT2D eigenvalue weighted by Gasteiger charge is -2.08. The lowest BCUT2D eigenvalue weighted by molar-refractivity contribution is 0.100. The summed E-state index contributed by atoms with van der Waals surface area (Å²) in [4.78, 5) is 25.6. The van der Waals surface area contributed by atoms with Gasteiger partial charge in [0.05, 0.1) is 11.1 Å². The van der Waals surface area contributed by atoms with Crippen LogP contribution in [-0.2, 0) is 0 Å². The standard InChI is InChI=1S/C19H15IN2O2S/c1-11-15(12-7-3-2-4-8-12)16(17(21)23)19(25-11)22-18(24)13-9-5-6-10-14(13)20/h2-10H,1H3,(H2,21,23)(H,22,24). The molecule has 4 nitrogen and oxygen atoms in total. The van der Waals surface area contributed by atoms with E-state index >= 15 is 0 Å². The highest BCUT2D eigenvalue weighted by molar-refractivity contribution is 14.1. The maximum absolute atomic E-state index is 12.6. The van der Waals surface area contributed by atoms with E-state index in [9.17, 15) is 9.59 Å². The summed E-state index contributed by atoms with van der Waals surface area (Å²) in [6.45, 7) is 1.92. The highest BCUT2D eigenvalue weighted by Crippen LogP contribution is 2.39. The fourth-order valence-electron chi connectivity index (χ4n) is 2.64. The summed E-state index contributed by atoms with van der Waals surface area (Å²) in [5.74, 6) is -0.811. The van der Waals surface area contributed by atoms with E-state index in [1.807, 2.05) is 49.4 Å². The Bertz CT molecular complexity index is 951. The maximum atomic E-state index is 12.6. The van der Waals surface area contributed by atoms with Crippen LogP contribution >= 0.6 is 33.9 Å². The Hall–Kier alpha value is -2.19. The molecule has 0 saturated carbocycles. The van der Waals surface area contributed by atoms with Crippen molar-refractivity contribution in [2.24, 2.45) is 5.73 Å². The van der Waals surface area contributed by atoms with Crippen molar-refractivity contribution in [1.82, 2.24) is 0 Å². The van der Waals surface area contributed by atoms with Gasteiger partial charge in [0.25, 0.3) is 11.8 Å². The molecule has 0 aliphatic rings. The number of carbonyl (C=O) groups is 2. The van der Waals surface area contributed by atoms with E-state index in [2.05, 4.69) is 27.9 Å². The molecule has 0 aliphatic heterocycles. The van der Waals surface area contributed by atoms with Gasteiger partial charge in [-0.25, -0.2) is 0 Å². The van der Waals surface area contributed by atoms with Gasteiger partial charge in [0.2, 0.25) is 0 Å². The molecule has 1 aromatic heterocycles. The number of rotatable bonds is 4. The lowest BCUT2D eigenvalue weighted by atomic mass is 10.0. The van der Waals surface area contributed by atoms with E-state index < -0.39 is 5.91 Å². The Morgan fingerprint density at radius 3 is 2.32 bits per heavy atom. The first kappa shape index (κ1) is 17.6. The number of nitrogens with two attached hydrogens (primary N) is 1. The molecule has 0 saturated heterocycles. The zero-order valence-corrected chi connectivity index (χ0v) is 16.4. The summed E-state index contributed by atoms with van der Waals surface area (Å²) in [6, 6.07) is 16.9. The van der Waals surface area contributed by atoms with E-state index in [1.54, 1.807) is 12.1 Å². The minimum absolute atomic E-state index is 0.256. The van der Waals surface area contributed by atoms with Gasteiger partial charge in [-0.1, -0.05) is 42.5 Å².